The van der Waals surface area contributed by atoms with Gasteiger partial charge in [-0.05, 0) is 76.0 Å². The molecule has 1 N–H and O–H groups in total. The van der Waals surface area contributed by atoms with Crippen molar-refractivity contribution in [3.8, 4) is 0 Å². The van der Waals surface area contributed by atoms with Gasteiger partial charge in [-0.1, -0.05) is 27.2 Å². The maximum atomic E-state index is 3.69. The Morgan fingerprint density at radius 2 is 1.95 bits per heavy atom. The van der Waals surface area contributed by atoms with Crippen molar-refractivity contribution in [2.45, 2.75) is 71.8 Å². The van der Waals surface area contributed by atoms with Gasteiger partial charge in [-0.2, -0.15) is 0 Å². The lowest BCUT2D eigenvalue weighted by Crippen LogP contribution is -2.35. The smallest absolute Gasteiger partial charge is 0.00956 e. The van der Waals surface area contributed by atoms with E-state index in [1.165, 1.54) is 64.6 Å². The maximum Gasteiger partial charge on any atom is 0.00956 e. The first-order valence-electron chi connectivity index (χ1n) is 8.56. The molecular formula is C17H34N2. The second-order valence-electron chi connectivity index (χ2n) is 7.50. The van der Waals surface area contributed by atoms with Gasteiger partial charge in [0, 0.05) is 6.04 Å². The predicted molar refractivity (Wildman–Crippen MR) is 83.5 cm³/mol. The Bertz CT molecular complexity index is 262. The van der Waals surface area contributed by atoms with Crippen LogP contribution in [-0.2, 0) is 0 Å². The van der Waals surface area contributed by atoms with Crippen LogP contribution in [0.3, 0.4) is 0 Å². The van der Waals surface area contributed by atoms with Crippen molar-refractivity contribution in [2.24, 2.45) is 11.3 Å². The molecule has 112 valence electrons. The van der Waals surface area contributed by atoms with Gasteiger partial charge in [-0.3, -0.25) is 0 Å². The van der Waals surface area contributed by atoms with Gasteiger partial charge < -0.3 is 10.2 Å². The number of hydrogen-bond acceptors (Lipinski definition) is 2. The second-order valence-corrected chi connectivity index (χ2v) is 7.50. The van der Waals surface area contributed by atoms with Crippen molar-refractivity contribution in [1.29, 1.82) is 0 Å². The maximum absolute atomic E-state index is 3.69. The van der Waals surface area contributed by atoms with E-state index in [-0.39, 0.29) is 0 Å². The van der Waals surface area contributed by atoms with E-state index < -0.39 is 0 Å². The van der Waals surface area contributed by atoms with E-state index in [0.29, 0.717) is 5.41 Å². The summed E-state index contributed by atoms with van der Waals surface area (Å²) >= 11 is 0. The van der Waals surface area contributed by atoms with Gasteiger partial charge in [0.2, 0.25) is 0 Å². The average Bonchev–Trinajstić information content (AvgIpc) is 2.72. The quantitative estimate of drug-likeness (QED) is 0.817. The molecule has 0 radical (unpaired) electrons. The number of nitrogens with zero attached hydrogens (tertiary/aromatic N) is 1. The molecule has 0 bridgehead atoms. The Morgan fingerprint density at radius 3 is 2.74 bits per heavy atom. The van der Waals surface area contributed by atoms with Crippen molar-refractivity contribution in [1.82, 2.24) is 10.2 Å². The fraction of sp³-hybridized carbons (Fsp3) is 1.00. The summed E-state index contributed by atoms with van der Waals surface area (Å²) < 4.78 is 0. The summed E-state index contributed by atoms with van der Waals surface area (Å²) in [6.45, 7) is 12.3. The first-order valence-corrected chi connectivity index (χ1v) is 8.56. The molecule has 2 fully saturated rings. The van der Waals surface area contributed by atoms with Crippen LogP contribution in [0.4, 0.5) is 0 Å². The van der Waals surface area contributed by atoms with Crippen LogP contribution in [0.1, 0.15) is 65.7 Å². The predicted octanol–water partition coefficient (Wildman–Crippen LogP) is 3.67. The van der Waals surface area contributed by atoms with E-state index in [0.717, 1.165) is 18.5 Å². The van der Waals surface area contributed by atoms with Crippen LogP contribution < -0.4 is 5.32 Å². The molecule has 2 aliphatic rings. The van der Waals surface area contributed by atoms with Crippen molar-refractivity contribution >= 4 is 0 Å². The minimum atomic E-state index is 0.578. The fourth-order valence-electron chi connectivity index (χ4n) is 3.96. The molecule has 2 heteroatoms. The fourth-order valence-corrected chi connectivity index (χ4v) is 3.96. The van der Waals surface area contributed by atoms with Gasteiger partial charge in [0.05, 0.1) is 0 Å². The molecule has 1 aliphatic heterocycles. The molecule has 1 saturated carbocycles. The summed E-state index contributed by atoms with van der Waals surface area (Å²) in [6, 6.07) is 0.813. The Balaban J connectivity index is 1.72. The van der Waals surface area contributed by atoms with Crippen molar-refractivity contribution in [3.05, 3.63) is 0 Å². The molecule has 1 aliphatic carbocycles. The largest absolute Gasteiger partial charge is 0.314 e. The summed E-state index contributed by atoms with van der Waals surface area (Å²) in [4.78, 5) is 2.73. The highest BCUT2D eigenvalue weighted by Crippen LogP contribution is 2.31. The highest BCUT2D eigenvalue weighted by molar-refractivity contribution is 4.84. The Labute approximate surface area is 120 Å². The third kappa shape index (κ3) is 4.75. The summed E-state index contributed by atoms with van der Waals surface area (Å²) in [7, 11) is 0. The van der Waals surface area contributed by atoms with Gasteiger partial charge in [0.25, 0.3) is 0 Å². The standard InChI is InChI=1S/C17H34N2/c1-4-18-16-8-5-7-15(16)9-13-19-12-6-10-17(2,3)11-14-19/h15-16,18H,4-14H2,1-3H3. The monoisotopic (exact) mass is 266 g/mol. The van der Waals surface area contributed by atoms with E-state index in [9.17, 15) is 0 Å². The van der Waals surface area contributed by atoms with Gasteiger partial charge >= 0.3 is 0 Å². The SMILES string of the molecule is CCNC1CCCC1CCN1CCCC(C)(C)CC1. The Hall–Kier alpha value is -0.0800. The molecule has 2 atom stereocenters. The Morgan fingerprint density at radius 1 is 1.11 bits per heavy atom. The third-order valence-electron chi connectivity index (χ3n) is 5.37. The summed E-state index contributed by atoms with van der Waals surface area (Å²) in [5.41, 5.74) is 0.578. The second kappa shape index (κ2) is 7.08. The lowest BCUT2D eigenvalue weighted by molar-refractivity contribution is 0.236. The van der Waals surface area contributed by atoms with Gasteiger partial charge in [-0.15, -0.1) is 0 Å². The van der Waals surface area contributed by atoms with Crippen molar-refractivity contribution in [2.75, 3.05) is 26.2 Å². The lowest BCUT2D eigenvalue weighted by atomic mass is 9.85. The van der Waals surface area contributed by atoms with Crippen molar-refractivity contribution in [3.63, 3.8) is 0 Å². The van der Waals surface area contributed by atoms with E-state index in [4.69, 9.17) is 0 Å². The molecule has 0 aromatic rings. The van der Waals surface area contributed by atoms with Crippen LogP contribution in [0.25, 0.3) is 0 Å². The first-order chi connectivity index (χ1) is 9.11. The minimum absolute atomic E-state index is 0.578. The summed E-state index contributed by atoms with van der Waals surface area (Å²) in [5.74, 6) is 0.941. The molecule has 0 aromatic carbocycles. The van der Waals surface area contributed by atoms with E-state index in [2.05, 4.69) is 31.0 Å². The molecular weight excluding hydrogens is 232 g/mol. The van der Waals surface area contributed by atoms with Crippen LogP contribution >= 0.6 is 0 Å². The van der Waals surface area contributed by atoms with Crippen LogP contribution in [-0.4, -0.2) is 37.1 Å². The molecule has 2 rings (SSSR count). The number of likely N-dealkylation sites (tertiary alicyclic amines) is 1. The average molecular weight is 266 g/mol. The molecule has 2 nitrogen and oxygen atoms in total. The van der Waals surface area contributed by atoms with Crippen LogP contribution in [0.15, 0.2) is 0 Å². The van der Waals surface area contributed by atoms with Crippen molar-refractivity contribution < 1.29 is 0 Å². The Kier molecular flexibility index (Phi) is 5.70. The summed E-state index contributed by atoms with van der Waals surface area (Å²) in [6.07, 6.45) is 9.91. The first kappa shape index (κ1) is 15.3. The van der Waals surface area contributed by atoms with E-state index >= 15 is 0 Å². The molecule has 2 unspecified atom stereocenters. The topological polar surface area (TPSA) is 15.3 Å². The molecule has 0 amide bonds. The van der Waals surface area contributed by atoms with Crippen LogP contribution in [0, 0.1) is 11.3 Å². The molecule has 1 heterocycles. The number of rotatable bonds is 5. The summed E-state index contributed by atoms with van der Waals surface area (Å²) in [5, 5.41) is 3.69. The molecule has 0 spiro atoms. The molecule has 0 aromatic heterocycles. The zero-order chi connectivity index (χ0) is 13.7. The van der Waals surface area contributed by atoms with Crippen LogP contribution in [0.2, 0.25) is 0 Å². The van der Waals surface area contributed by atoms with E-state index in [1.807, 2.05) is 0 Å². The number of hydrogen-bond donors (Lipinski definition) is 1. The zero-order valence-electron chi connectivity index (χ0n) is 13.4. The third-order valence-corrected chi connectivity index (χ3v) is 5.37. The van der Waals surface area contributed by atoms with E-state index in [1.54, 1.807) is 0 Å². The highest BCUT2D eigenvalue weighted by atomic mass is 15.1. The number of nitrogens with one attached hydrogen (secondary N) is 1. The normalized spacial score (nSPS) is 32.4. The van der Waals surface area contributed by atoms with Gasteiger partial charge in [-0.25, -0.2) is 0 Å². The minimum Gasteiger partial charge on any atom is -0.314 e. The van der Waals surface area contributed by atoms with Gasteiger partial charge in [0.1, 0.15) is 0 Å². The zero-order valence-corrected chi connectivity index (χ0v) is 13.4. The molecule has 1 saturated heterocycles. The molecule has 19 heavy (non-hydrogen) atoms. The lowest BCUT2D eigenvalue weighted by Gasteiger charge is -2.26. The van der Waals surface area contributed by atoms with Gasteiger partial charge in [0.15, 0.2) is 0 Å². The highest BCUT2D eigenvalue weighted by Gasteiger charge is 2.28. The van der Waals surface area contributed by atoms with Crippen LogP contribution in [0.5, 0.6) is 0 Å².